The lowest BCUT2D eigenvalue weighted by Crippen LogP contribution is -2.02. The molecule has 0 atom stereocenters. The summed E-state index contributed by atoms with van der Waals surface area (Å²) in [6.45, 7) is 11.7. The Hall–Kier alpha value is -1.30. The number of unbranched alkanes of at least 4 members (excludes halogenated alkanes) is 1. The van der Waals surface area contributed by atoms with Gasteiger partial charge >= 0.3 is 0 Å². The fourth-order valence-corrected chi connectivity index (χ4v) is 3.18. The first kappa shape index (κ1) is 17.1. The maximum atomic E-state index is 5.29. The van der Waals surface area contributed by atoms with Crippen molar-refractivity contribution in [1.82, 2.24) is 19.7 Å². The second-order valence-corrected chi connectivity index (χ2v) is 7.00. The molecule has 2 aromatic rings. The Morgan fingerprint density at radius 3 is 2.68 bits per heavy atom. The van der Waals surface area contributed by atoms with Crippen molar-refractivity contribution < 1.29 is 4.52 Å². The van der Waals surface area contributed by atoms with Gasteiger partial charge in [-0.3, -0.25) is 0 Å². The van der Waals surface area contributed by atoms with E-state index in [-0.39, 0.29) is 0 Å². The fraction of sp³-hybridized carbons (Fsp3) is 0.688. The summed E-state index contributed by atoms with van der Waals surface area (Å²) in [6, 6.07) is 0. The molecule has 0 spiro atoms. The fourth-order valence-electron chi connectivity index (χ4n) is 2.22. The lowest BCUT2D eigenvalue weighted by Gasteiger charge is -2.08. The summed E-state index contributed by atoms with van der Waals surface area (Å²) in [7, 11) is 0. The maximum absolute atomic E-state index is 5.29. The third kappa shape index (κ3) is 4.35. The molecule has 0 radical (unpaired) electrons. The number of rotatable bonds is 8. The van der Waals surface area contributed by atoms with Gasteiger partial charge in [-0.15, -0.1) is 0 Å². The molecule has 0 aliphatic carbocycles. The van der Waals surface area contributed by atoms with Gasteiger partial charge in [0.05, 0.1) is 11.4 Å². The molecule has 0 aliphatic heterocycles. The van der Waals surface area contributed by atoms with Crippen molar-refractivity contribution in [2.75, 3.05) is 0 Å². The monoisotopic (exact) mass is 322 g/mol. The zero-order chi connectivity index (χ0) is 16.1. The van der Waals surface area contributed by atoms with E-state index in [4.69, 9.17) is 4.52 Å². The largest absolute Gasteiger partial charge is 0.339 e. The van der Waals surface area contributed by atoms with E-state index in [9.17, 15) is 0 Å². The van der Waals surface area contributed by atoms with Crippen LogP contribution in [-0.2, 0) is 18.7 Å². The molecule has 0 bridgehead atoms. The van der Waals surface area contributed by atoms with E-state index in [1.165, 1.54) is 18.5 Å². The predicted molar refractivity (Wildman–Crippen MR) is 89.0 cm³/mol. The Morgan fingerprint density at radius 1 is 1.23 bits per heavy atom. The molecular formula is C16H26N4OS. The van der Waals surface area contributed by atoms with Crippen molar-refractivity contribution in [3.63, 3.8) is 0 Å². The standard InChI is InChI=1S/C16H26N4OS/c1-6-7-8-20-13(5)12(4)17-16(20)22-10-14-18-15(21-19-14)9-11(2)3/h11H,6-10H2,1-5H3. The Labute approximate surface area is 136 Å². The molecule has 2 heterocycles. The third-order valence-electron chi connectivity index (χ3n) is 3.58. The summed E-state index contributed by atoms with van der Waals surface area (Å²) in [6.07, 6.45) is 3.19. The molecule has 0 amide bonds. The van der Waals surface area contributed by atoms with Crippen LogP contribution in [0.4, 0.5) is 0 Å². The number of aryl methyl sites for hydroxylation is 1. The molecule has 0 aromatic carbocycles. The second kappa shape index (κ2) is 7.81. The van der Waals surface area contributed by atoms with Crippen LogP contribution in [0.2, 0.25) is 0 Å². The number of imidazole rings is 1. The van der Waals surface area contributed by atoms with Crippen LogP contribution in [0.1, 0.15) is 56.7 Å². The minimum absolute atomic E-state index is 0.527. The van der Waals surface area contributed by atoms with E-state index in [2.05, 4.69) is 54.3 Å². The topological polar surface area (TPSA) is 56.7 Å². The molecule has 0 saturated carbocycles. The van der Waals surface area contributed by atoms with E-state index in [0.29, 0.717) is 11.7 Å². The first-order chi connectivity index (χ1) is 10.5. The zero-order valence-corrected chi connectivity index (χ0v) is 15.0. The summed E-state index contributed by atoms with van der Waals surface area (Å²) in [4.78, 5) is 9.12. The zero-order valence-electron chi connectivity index (χ0n) is 14.2. The molecule has 6 heteroatoms. The average molecular weight is 322 g/mol. The molecule has 0 saturated heterocycles. The number of thioether (sulfide) groups is 1. The number of hydrogen-bond acceptors (Lipinski definition) is 5. The molecule has 5 nitrogen and oxygen atoms in total. The lowest BCUT2D eigenvalue weighted by atomic mass is 10.1. The summed E-state index contributed by atoms with van der Waals surface area (Å²) < 4.78 is 7.59. The highest BCUT2D eigenvalue weighted by atomic mass is 32.2. The highest BCUT2D eigenvalue weighted by Crippen LogP contribution is 2.24. The summed E-state index contributed by atoms with van der Waals surface area (Å²) in [5, 5.41) is 5.12. The van der Waals surface area contributed by atoms with Gasteiger partial charge in [-0.25, -0.2) is 4.98 Å². The van der Waals surface area contributed by atoms with Crippen LogP contribution >= 0.6 is 11.8 Å². The van der Waals surface area contributed by atoms with Gasteiger partial charge in [0, 0.05) is 18.7 Å². The van der Waals surface area contributed by atoms with E-state index in [1.54, 1.807) is 11.8 Å². The Balaban J connectivity index is 2.01. The summed E-state index contributed by atoms with van der Waals surface area (Å²) in [5.74, 6) is 2.70. The van der Waals surface area contributed by atoms with E-state index in [0.717, 1.165) is 35.5 Å². The van der Waals surface area contributed by atoms with Crippen LogP contribution in [0.3, 0.4) is 0 Å². The van der Waals surface area contributed by atoms with Crippen molar-refractivity contribution in [3.8, 4) is 0 Å². The molecule has 2 rings (SSSR count). The van der Waals surface area contributed by atoms with Gasteiger partial charge in [0.25, 0.3) is 0 Å². The van der Waals surface area contributed by atoms with Crippen molar-refractivity contribution in [1.29, 1.82) is 0 Å². The van der Waals surface area contributed by atoms with Gasteiger partial charge in [-0.05, 0) is 26.2 Å². The minimum atomic E-state index is 0.527. The number of hydrogen-bond donors (Lipinski definition) is 0. The first-order valence-corrected chi connectivity index (χ1v) is 8.97. The lowest BCUT2D eigenvalue weighted by molar-refractivity contribution is 0.360. The van der Waals surface area contributed by atoms with Crippen LogP contribution in [-0.4, -0.2) is 19.7 Å². The van der Waals surface area contributed by atoms with Gasteiger partial charge in [0.15, 0.2) is 11.0 Å². The molecule has 0 unspecified atom stereocenters. The molecule has 22 heavy (non-hydrogen) atoms. The average Bonchev–Trinajstić information content (AvgIpc) is 3.00. The highest BCUT2D eigenvalue weighted by molar-refractivity contribution is 7.98. The second-order valence-electron chi connectivity index (χ2n) is 6.06. The van der Waals surface area contributed by atoms with Gasteiger partial charge < -0.3 is 9.09 Å². The van der Waals surface area contributed by atoms with E-state index >= 15 is 0 Å². The Morgan fingerprint density at radius 2 is 2.00 bits per heavy atom. The van der Waals surface area contributed by atoms with Crippen molar-refractivity contribution in [2.45, 2.75) is 71.3 Å². The number of aromatic nitrogens is 4. The normalized spacial score (nSPS) is 11.5. The Kier molecular flexibility index (Phi) is 6.06. The third-order valence-corrected chi connectivity index (χ3v) is 4.55. The van der Waals surface area contributed by atoms with Crippen LogP contribution in [0.25, 0.3) is 0 Å². The van der Waals surface area contributed by atoms with Crippen LogP contribution in [0, 0.1) is 19.8 Å². The van der Waals surface area contributed by atoms with E-state index in [1.807, 2.05) is 0 Å². The smallest absolute Gasteiger partial charge is 0.226 e. The molecule has 0 N–H and O–H groups in total. The molecule has 122 valence electrons. The van der Waals surface area contributed by atoms with Gasteiger partial charge in [0.1, 0.15) is 0 Å². The SMILES string of the molecule is CCCCn1c(SCc2noc(CC(C)C)n2)nc(C)c1C. The van der Waals surface area contributed by atoms with E-state index < -0.39 is 0 Å². The van der Waals surface area contributed by atoms with Crippen molar-refractivity contribution in [3.05, 3.63) is 23.1 Å². The van der Waals surface area contributed by atoms with Gasteiger partial charge in [-0.1, -0.05) is 44.1 Å². The molecule has 0 aliphatic rings. The predicted octanol–water partition coefficient (Wildman–Crippen LogP) is 4.17. The number of nitrogens with zero attached hydrogens (tertiary/aromatic N) is 4. The van der Waals surface area contributed by atoms with Crippen LogP contribution in [0.5, 0.6) is 0 Å². The highest BCUT2D eigenvalue weighted by Gasteiger charge is 2.14. The van der Waals surface area contributed by atoms with Gasteiger partial charge in [0.2, 0.25) is 5.89 Å². The molecular weight excluding hydrogens is 296 g/mol. The van der Waals surface area contributed by atoms with Crippen molar-refractivity contribution in [2.24, 2.45) is 5.92 Å². The molecule has 0 fully saturated rings. The van der Waals surface area contributed by atoms with Crippen LogP contribution in [0.15, 0.2) is 9.68 Å². The van der Waals surface area contributed by atoms with Gasteiger partial charge in [-0.2, -0.15) is 4.98 Å². The maximum Gasteiger partial charge on any atom is 0.226 e. The first-order valence-electron chi connectivity index (χ1n) is 7.99. The Bertz CT molecular complexity index is 603. The summed E-state index contributed by atoms with van der Waals surface area (Å²) >= 11 is 1.68. The van der Waals surface area contributed by atoms with Crippen LogP contribution < -0.4 is 0 Å². The van der Waals surface area contributed by atoms with Crippen molar-refractivity contribution >= 4 is 11.8 Å². The minimum Gasteiger partial charge on any atom is -0.339 e. The molecule has 2 aromatic heterocycles. The summed E-state index contributed by atoms with van der Waals surface area (Å²) in [5.41, 5.74) is 2.36. The quantitative estimate of drug-likeness (QED) is 0.683.